The van der Waals surface area contributed by atoms with Crippen molar-refractivity contribution in [2.45, 2.75) is 329 Å². The van der Waals surface area contributed by atoms with Crippen molar-refractivity contribution in [2.75, 3.05) is 13.2 Å². The fourth-order valence-corrected chi connectivity index (χ4v) is 9.41. The highest BCUT2D eigenvalue weighted by Crippen LogP contribution is 2.16. The summed E-state index contributed by atoms with van der Waals surface area (Å²) in [6.07, 6.45) is 92.4. The summed E-state index contributed by atoms with van der Waals surface area (Å²) in [6.45, 7) is 6.51. The van der Waals surface area contributed by atoms with E-state index in [1.165, 1.54) is 167 Å². The van der Waals surface area contributed by atoms with E-state index in [1.807, 2.05) is 0 Å². The molecule has 0 radical (unpaired) electrons. The number of hydrogen-bond donors (Lipinski definition) is 0. The molecular formula is C74H126O6. The molecule has 1 unspecified atom stereocenters. The summed E-state index contributed by atoms with van der Waals surface area (Å²) >= 11 is 0. The summed E-state index contributed by atoms with van der Waals surface area (Å²) in [5.74, 6) is -0.897. The molecule has 0 heterocycles. The maximum atomic E-state index is 12.9. The Morgan fingerprint density at radius 3 is 0.787 bits per heavy atom. The average molecular weight is 1110 g/mol. The van der Waals surface area contributed by atoms with Gasteiger partial charge < -0.3 is 14.2 Å². The van der Waals surface area contributed by atoms with Crippen LogP contribution < -0.4 is 0 Å². The van der Waals surface area contributed by atoms with Gasteiger partial charge in [0.25, 0.3) is 0 Å². The highest BCUT2D eigenvalue weighted by molar-refractivity contribution is 5.71. The van der Waals surface area contributed by atoms with Gasteiger partial charge in [-0.1, -0.05) is 284 Å². The highest BCUT2D eigenvalue weighted by atomic mass is 16.6. The third-order valence-electron chi connectivity index (χ3n) is 14.5. The Labute approximate surface area is 495 Å². The third-order valence-corrected chi connectivity index (χ3v) is 14.5. The number of esters is 3. The van der Waals surface area contributed by atoms with Crippen LogP contribution in [0.2, 0.25) is 0 Å². The van der Waals surface area contributed by atoms with Gasteiger partial charge >= 0.3 is 17.9 Å². The van der Waals surface area contributed by atoms with Gasteiger partial charge in [0.1, 0.15) is 13.2 Å². The number of hydrogen-bond acceptors (Lipinski definition) is 6. The Hall–Kier alpha value is -3.93. The van der Waals surface area contributed by atoms with Crippen LogP contribution in [0.15, 0.2) is 109 Å². The lowest BCUT2D eigenvalue weighted by Gasteiger charge is -2.18. The van der Waals surface area contributed by atoms with Crippen molar-refractivity contribution < 1.29 is 28.6 Å². The van der Waals surface area contributed by atoms with Crippen LogP contribution in [0.1, 0.15) is 323 Å². The quantitative estimate of drug-likeness (QED) is 0.0261. The van der Waals surface area contributed by atoms with Crippen LogP contribution in [0.4, 0.5) is 0 Å². The zero-order valence-electron chi connectivity index (χ0n) is 52.6. The molecule has 6 heteroatoms. The lowest BCUT2D eigenvalue weighted by molar-refractivity contribution is -0.167. The SMILES string of the molecule is CC/C=C\C/C=C\C/C=C\C/C=C\C/C=C\C/C=C\CCCCCCCCCCCCC(=O)OCC(COC(=O)CCCCCCC/C=C\C/C=C\CCCCCC)OC(=O)CCCCCCCCC/C=C\CCCCCCCC. The summed E-state index contributed by atoms with van der Waals surface area (Å²) in [5, 5.41) is 0. The maximum absolute atomic E-state index is 12.9. The number of rotatable bonds is 61. The minimum absolute atomic E-state index is 0.0861. The van der Waals surface area contributed by atoms with Gasteiger partial charge in [0.15, 0.2) is 6.10 Å². The van der Waals surface area contributed by atoms with Crippen molar-refractivity contribution in [3.63, 3.8) is 0 Å². The minimum Gasteiger partial charge on any atom is -0.462 e. The molecular weight excluding hydrogens is 985 g/mol. The summed E-state index contributed by atoms with van der Waals surface area (Å²) in [5.41, 5.74) is 0. The largest absolute Gasteiger partial charge is 0.462 e. The Morgan fingerprint density at radius 2 is 0.487 bits per heavy atom. The van der Waals surface area contributed by atoms with Gasteiger partial charge in [0, 0.05) is 19.3 Å². The van der Waals surface area contributed by atoms with Crippen molar-refractivity contribution in [2.24, 2.45) is 0 Å². The maximum Gasteiger partial charge on any atom is 0.306 e. The highest BCUT2D eigenvalue weighted by Gasteiger charge is 2.19. The van der Waals surface area contributed by atoms with Crippen LogP contribution in [-0.2, 0) is 28.6 Å². The second kappa shape index (κ2) is 67.6. The number of allylic oxidation sites excluding steroid dienone is 18. The van der Waals surface area contributed by atoms with E-state index in [9.17, 15) is 14.4 Å². The summed E-state index contributed by atoms with van der Waals surface area (Å²) in [6, 6.07) is 0. The smallest absolute Gasteiger partial charge is 0.306 e. The minimum atomic E-state index is -0.791. The molecule has 0 spiro atoms. The van der Waals surface area contributed by atoms with Gasteiger partial charge in [0.05, 0.1) is 0 Å². The molecule has 80 heavy (non-hydrogen) atoms. The molecule has 0 aliphatic carbocycles. The van der Waals surface area contributed by atoms with Gasteiger partial charge in [-0.15, -0.1) is 0 Å². The van der Waals surface area contributed by atoms with Crippen LogP contribution in [-0.4, -0.2) is 37.2 Å². The van der Waals surface area contributed by atoms with E-state index in [-0.39, 0.29) is 31.1 Å². The molecule has 0 aromatic carbocycles. The Balaban J connectivity index is 4.34. The van der Waals surface area contributed by atoms with E-state index in [0.29, 0.717) is 19.3 Å². The van der Waals surface area contributed by atoms with Crippen molar-refractivity contribution >= 4 is 17.9 Å². The monoisotopic (exact) mass is 1110 g/mol. The molecule has 0 fully saturated rings. The molecule has 0 aromatic heterocycles. The second-order valence-electron chi connectivity index (χ2n) is 22.3. The lowest BCUT2D eigenvalue weighted by Crippen LogP contribution is -2.30. The molecule has 0 N–H and O–H groups in total. The van der Waals surface area contributed by atoms with E-state index in [2.05, 4.69) is 130 Å². The van der Waals surface area contributed by atoms with E-state index in [1.54, 1.807) is 0 Å². The molecule has 0 rings (SSSR count). The number of carbonyl (C=O) groups excluding carboxylic acids is 3. The number of ether oxygens (including phenoxy) is 3. The molecule has 6 nitrogen and oxygen atoms in total. The van der Waals surface area contributed by atoms with E-state index in [4.69, 9.17) is 14.2 Å². The van der Waals surface area contributed by atoms with E-state index in [0.717, 1.165) is 116 Å². The molecule has 1 atom stereocenters. The fraction of sp³-hybridized carbons (Fsp3) is 0.716. The van der Waals surface area contributed by atoms with Crippen LogP contribution in [0, 0.1) is 0 Å². The van der Waals surface area contributed by atoms with Crippen LogP contribution in [0.25, 0.3) is 0 Å². The molecule has 0 amide bonds. The number of unbranched alkanes of at least 4 members (excludes halogenated alkanes) is 32. The van der Waals surface area contributed by atoms with Gasteiger partial charge in [0.2, 0.25) is 0 Å². The predicted molar refractivity (Wildman–Crippen MR) is 348 cm³/mol. The van der Waals surface area contributed by atoms with Crippen molar-refractivity contribution in [3.8, 4) is 0 Å². The topological polar surface area (TPSA) is 78.9 Å². The second-order valence-corrected chi connectivity index (χ2v) is 22.3. The first-order chi connectivity index (χ1) is 39.5. The Morgan fingerprint density at radius 1 is 0.263 bits per heavy atom. The first-order valence-corrected chi connectivity index (χ1v) is 33.9. The zero-order chi connectivity index (χ0) is 57.8. The Bertz CT molecular complexity index is 1610. The van der Waals surface area contributed by atoms with Crippen LogP contribution in [0.3, 0.4) is 0 Å². The summed E-state index contributed by atoms with van der Waals surface area (Å²) < 4.78 is 16.9. The first kappa shape index (κ1) is 76.1. The van der Waals surface area contributed by atoms with E-state index >= 15 is 0 Å². The van der Waals surface area contributed by atoms with Crippen LogP contribution in [0.5, 0.6) is 0 Å². The molecule has 0 aliphatic heterocycles. The molecule has 0 saturated carbocycles. The van der Waals surface area contributed by atoms with Crippen molar-refractivity contribution in [1.29, 1.82) is 0 Å². The van der Waals surface area contributed by atoms with Crippen molar-refractivity contribution in [3.05, 3.63) is 109 Å². The molecule has 458 valence electrons. The first-order valence-electron chi connectivity index (χ1n) is 33.9. The standard InChI is InChI=1S/C74H126O6/c1-4-7-10-13-16-19-22-25-28-31-32-33-34-35-36-37-38-39-40-41-42-44-46-49-52-55-58-61-64-67-73(76)79-70-71(69-78-72(75)66-63-60-57-54-51-48-45-30-27-24-21-18-15-12-9-6-3)80-74(77)68-65-62-59-56-53-50-47-43-29-26-23-20-17-14-11-8-5-2/h7,10,16,19,21,24-26,28-30,32-33,35-36,38-39,45,71H,4-6,8-9,11-15,17-18,20,22-23,27,31,34,37,40-44,46-70H2,1-3H3/b10-7-,19-16-,24-21-,28-25-,29-26-,33-32-,36-35-,39-38-,45-30-. The van der Waals surface area contributed by atoms with Gasteiger partial charge in [-0.2, -0.15) is 0 Å². The molecule has 0 saturated heterocycles. The van der Waals surface area contributed by atoms with Gasteiger partial charge in [-0.3, -0.25) is 14.4 Å². The van der Waals surface area contributed by atoms with Gasteiger partial charge in [-0.05, 0) is 128 Å². The Kier molecular flexibility index (Phi) is 64.3. The third kappa shape index (κ3) is 64.9. The summed E-state index contributed by atoms with van der Waals surface area (Å²) in [7, 11) is 0. The average Bonchev–Trinajstić information content (AvgIpc) is 3.46. The van der Waals surface area contributed by atoms with Crippen LogP contribution >= 0.6 is 0 Å². The molecule has 0 aliphatic rings. The lowest BCUT2D eigenvalue weighted by atomic mass is 10.1. The number of carbonyl (C=O) groups is 3. The molecule has 0 bridgehead atoms. The predicted octanol–water partition coefficient (Wildman–Crippen LogP) is 23.4. The van der Waals surface area contributed by atoms with E-state index < -0.39 is 6.10 Å². The van der Waals surface area contributed by atoms with Crippen molar-refractivity contribution in [1.82, 2.24) is 0 Å². The van der Waals surface area contributed by atoms with Gasteiger partial charge in [-0.25, -0.2) is 0 Å². The normalized spacial score (nSPS) is 12.8. The molecule has 0 aromatic rings. The summed E-state index contributed by atoms with van der Waals surface area (Å²) in [4.78, 5) is 38.4. The fourth-order valence-electron chi connectivity index (χ4n) is 9.41. The zero-order valence-corrected chi connectivity index (χ0v) is 52.6.